The van der Waals surface area contributed by atoms with Gasteiger partial charge in [0.05, 0.1) is 0 Å². The number of aromatic nitrogens is 2. The first-order chi connectivity index (χ1) is 12.4. The molecule has 0 atom stereocenters. The first-order valence-corrected chi connectivity index (χ1v) is 8.85. The van der Waals surface area contributed by atoms with Crippen LogP contribution in [-0.2, 0) is 10.1 Å². The normalized spacial score (nSPS) is 11.7. The lowest BCUT2D eigenvalue weighted by Gasteiger charge is -2.02. The molecule has 0 amide bonds. The number of rotatable bonds is 5. The maximum absolute atomic E-state index is 11.6. The Balaban J connectivity index is 2.26. The third kappa shape index (κ3) is 3.53. The van der Waals surface area contributed by atoms with Crippen LogP contribution in [0.2, 0.25) is 0 Å². The second-order valence-electron chi connectivity index (χ2n) is 5.25. The van der Waals surface area contributed by atoms with Gasteiger partial charge in [0.15, 0.2) is 0 Å². The topological polar surface area (TPSA) is 115 Å². The summed E-state index contributed by atoms with van der Waals surface area (Å²) >= 11 is 0. The van der Waals surface area contributed by atoms with Gasteiger partial charge in [0, 0.05) is 6.08 Å². The van der Waals surface area contributed by atoms with E-state index in [2.05, 4.69) is 4.98 Å². The van der Waals surface area contributed by atoms with E-state index in [1.54, 1.807) is 36.4 Å². The number of hydrogen-bond donors (Lipinski definition) is 1. The summed E-state index contributed by atoms with van der Waals surface area (Å²) < 4.78 is 33.6. The van der Waals surface area contributed by atoms with Gasteiger partial charge < -0.3 is 10.1 Å². The third-order valence-corrected chi connectivity index (χ3v) is 4.27. The molecule has 9 heteroatoms. The van der Waals surface area contributed by atoms with Gasteiger partial charge in [-0.2, -0.15) is 18.0 Å². The molecular formula is C17H13N3O5S. The molecule has 0 aliphatic carbocycles. The maximum Gasteiger partial charge on any atom is 0.370 e. The lowest BCUT2D eigenvalue weighted by molar-refractivity contribution is -0.394. The van der Waals surface area contributed by atoms with Crippen LogP contribution < -0.4 is 0 Å². The summed E-state index contributed by atoms with van der Waals surface area (Å²) in [6.45, 7) is 0. The van der Waals surface area contributed by atoms with E-state index in [1.807, 2.05) is 30.3 Å². The summed E-state index contributed by atoms with van der Waals surface area (Å²) in [6.07, 6.45) is 3.09. The van der Waals surface area contributed by atoms with Gasteiger partial charge in [-0.05, 0) is 28.7 Å². The van der Waals surface area contributed by atoms with Crippen LogP contribution >= 0.6 is 0 Å². The fourth-order valence-electron chi connectivity index (χ4n) is 2.42. The molecule has 0 fully saturated rings. The molecule has 0 radical (unpaired) electrons. The number of imidazole rings is 1. The van der Waals surface area contributed by atoms with Crippen LogP contribution in [-0.4, -0.2) is 27.4 Å². The zero-order valence-electron chi connectivity index (χ0n) is 13.3. The van der Waals surface area contributed by atoms with Crippen molar-refractivity contribution in [1.82, 2.24) is 9.55 Å². The zero-order chi connectivity index (χ0) is 18.7. The molecule has 132 valence electrons. The van der Waals surface area contributed by atoms with Gasteiger partial charge in [-0.1, -0.05) is 48.5 Å². The molecule has 26 heavy (non-hydrogen) atoms. The molecule has 0 unspecified atom stereocenters. The molecule has 0 aliphatic heterocycles. The lowest BCUT2D eigenvalue weighted by Crippen LogP contribution is -2.06. The van der Waals surface area contributed by atoms with Gasteiger partial charge in [-0.15, -0.1) is 0 Å². The molecule has 1 aromatic heterocycles. The maximum atomic E-state index is 11.6. The number of hydrogen-bond acceptors (Lipinski definition) is 5. The molecular weight excluding hydrogens is 358 g/mol. The van der Waals surface area contributed by atoms with E-state index in [4.69, 9.17) is 0 Å². The summed E-state index contributed by atoms with van der Waals surface area (Å²) in [5.74, 6) is -0.828. The summed E-state index contributed by atoms with van der Waals surface area (Å²) in [7, 11) is -4.88. The first kappa shape index (κ1) is 17.5. The van der Waals surface area contributed by atoms with E-state index in [9.17, 15) is 23.1 Å². The molecule has 3 aromatic rings. The largest absolute Gasteiger partial charge is 0.370 e. The minimum absolute atomic E-state index is 0.000576. The van der Waals surface area contributed by atoms with Crippen molar-refractivity contribution in [3.63, 3.8) is 0 Å². The van der Waals surface area contributed by atoms with E-state index < -0.39 is 25.9 Å². The van der Waals surface area contributed by atoms with Crippen LogP contribution in [0.25, 0.3) is 17.8 Å². The van der Waals surface area contributed by atoms with Crippen molar-refractivity contribution in [2.75, 3.05) is 0 Å². The van der Waals surface area contributed by atoms with Crippen molar-refractivity contribution >= 4 is 28.1 Å². The molecule has 0 spiro atoms. The quantitative estimate of drug-likeness (QED) is 0.418. The second-order valence-corrected chi connectivity index (χ2v) is 6.58. The lowest BCUT2D eigenvalue weighted by atomic mass is 10.2. The average Bonchev–Trinajstić information content (AvgIpc) is 3.02. The Kier molecular flexibility index (Phi) is 4.65. The third-order valence-electron chi connectivity index (χ3n) is 3.50. The number of para-hydroxylation sites is 1. The van der Waals surface area contributed by atoms with Crippen LogP contribution in [0.5, 0.6) is 0 Å². The Morgan fingerprint density at radius 2 is 1.58 bits per heavy atom. The Morgan fingerprint density at radius 3 is 2.12 bits per heavy atom. The van der Waals surface area contributed by atoms with Crippen LogP contribution in [0.1, 0.15) is 11.4 Å². The second kappa shape index (κ2) is 6.90. The Bertz CT molecular complexity index is 1070. The standard InChI is InChI=1S/C17H13N3O5S/c21-20(22)17-16(26(23,24)25)18-15(12-11-13-7-3-1-4-8-13)19(17)14-9-5-2-6-10-14/h1-12H,(H,23,24,25). The van der Waals surface area contributed by atoms with Crippen LogP contribution in [0.15, 0.2) is 65.7 Å². The fourth-order valence-corrected chi connectivity index (χ4v) is 3.02. The van der Waals surface area contributed by atoms with Crippen molar-refractivity contribution in [1.29, 1.82) is 0 Å². The molecule has 1 N–H and O–H groups in total. The van der Waals surface area contributed by atoms with Crippen molar-refractivity contribution in [3.05, 3.63) is 82.2 Å². The number of nitrogens with zero attached hydrogens (tertiary/aromatic N) is 3. The smallest absolute Gasteiger partial charge is 0.358 e. The average molecular weight is 371 g/mol. The highest BCUT2D eigenvalue weighted by Gasteiger charge is 2.34. The zero-order valence-corrected chi connectivity index (χ0v) is 14.1. The molecule has 0 aliphatic rings. The molecule has 0 bridgehead atoms. The summed E-state index contributed by atoms with van der Waals surface area (Å²) in [5, 5.41) is 10.5. The van der Waals surface area contributed by atoms with Crippen LogP contribution in [0.4, 0.5) is 5.82 Å². The summed E-state index contributed by atoms with van der Waals surface area (Å²) in [5.41, 5.74) is 1.14. The Labute approximate surface area is 149 Å². The van der Waals surface area contributed by atoms with Crippen molar-refractivity contribution in [3.8, 4) is 5.69 Å². The van der Waals surface area contributed by atoms with E-state index in [-0.39, 0.29) is 5.82 Å². The molecule has 2 aromatic carbocycles. The minimum atomic E-state index is -4.88. The van der Waals surface area contributed by atoms with Gasteiger partial charge in [0.25, 0.3) is 5.03 Å². The molecule has 8 nitrogen and oxygen atoms in total. The molecule has 1 heterocycles. The number of nitro groups is 1. The summed E-state index contributed by atoms with van der Waals surface area (Å²) in [6, 6.07) is 17.2. The van der Waals surface area contributed by atoms with E-state index in [0.717, 1.165) is 10.1 Å². The summed E-state index contributed by atoms with van der Waals surface area (Å²) in [4.78, 5) is 14.4. The SMILES string of the molecule is O=[N+]([O-])c1c(S(=O)(=O)O)nc(C=Cc2ccccc2)n1-c1ccccc1. The van der Waals surface area contributed by atoms with Gasteiger partial charge in [-0.3, -0.25) is 4.55 Å². The van der Waals surface area contributed by atoms with Crippen LogP contribution in [0, 0.1) is 10.1 Å². The van der Waals surface area contributed by atoms with E-state index in [1.165, 1.54) is 6.08 Å². The monoisotopic (exact) mass is 371 g/mol. The van der Waals surface area contributed by atoms with E-state index in [0.29, 0.717) is 5.69 Å². The van der Waals surface area contributed by atoms with Gasteiger partial charge in [0.1, 0.15) is 5.69 Å². The molecule has 3 rings (SSSR count). The van der Waals surface area contributed by atoms with Gasteiger partial charge >= 0.3 is 15.9 Å². The van der Waals surface area contributed by atoms with Gasteiger partial charge in [-0.25, -0.2) is 0 Å². The first-order valence-electron chi connectivity index (χ1n) is 7.41. The van der Waals surface area contributed by atoms with Gasteiger partial charge in [0.2, 0.25) is 5.82 Å². The van der Waals surface area contributed by atoms with E-state index >= 15 is 0 Å². The fraction of sp³-hybridized carbons (Fsp3) is 0. The highest BCUT2D eigenvalue weighted by molar-refractivity contribution is 7.85. The molecule has 0 saturated heterocycles. The van der Waals surface area contributed by atoms with Crippen molar-refractivity contribution in [2.24, 2.45) is 0 Å². The van der Waals surface area contributed by atoms with Crippen molar-refractivity contribution in [2.45, 2.75) is 5.03 Å². The Hall–Kier alpha value is -3.30. The highest BCUT2D eigenvalue weighted by atomic mass is 32.2. The minimum Gasteiger partial charge on any atom is -0.358 e. The number of benzene rings is 2. The van der Waals surface area contributed by atoms with Crippen molar-refractivity contribution < 1.29 is 17.9 Å². The predicted octanol–water partition coefficient (Wildman–Crippen LogP) is 3.20. The van der Waals surface area contributed by atoms with Crippen LogP contribution in [0.3, 0.4) is 0 Å². The highest BCUT2D eigenvalue weighted by Crippen LogP contribution is 2.29. The Morgan fingerprint density at radius 1 is 1.00 bits per heavy atom. The molecule has 0 saturated carbocycles. The predicted molar refractivity (Wildman–Crippen MR) is 95.4 cm³/mol.